The zero-order valence-electron chi connectivity index (χ0n) is 12.6. The van der Waals surface area contributed by atoms with Crippen molar-refractivity contribution in [1.82, 2.24) is 5.32 Å². The highest BCUT2D eigenvalue weighted by atomic mass is 32.2. The van der Waals surface area contributed by atoms with E-state index >= 15 is 0 Å². The summed E-state index contributed by atoms with van der Waals surface area (Å²) in [5, 5.41) is 13.4. The van der Waals surface area contributed by atoms with Crippen molar-refractivity contribution in [2.24, 2.45) is 0 Å². The van der Waals surface area contributed by atoms with Gasteiger partial charge in [-0.2, -0.15) is 0 Å². The molecule has 3 N–H and O–H groups in total. The van der Waals surface area contributed by atoms with E-state index in [1.807, 2.05) is 6.92 Å². The molecule has 1 fully saturated rings. The molecule has 0 saturated carbocycles. The van der Waals surface area contributed by atoms with Crippen LogP contribution in [0.15, 0.2) is 24.3 Å². The second-order valence-electron chi connectivity index (χ2n) is 4.93. The molecule has 1 aromatic rings. The molecule has 0 radical (unpaired) electrons. The summed E-state index contributed by atoms with van der Waals surface area (Å²) < 4.78 is 5.31. The van der Waals surface area contributed by atoms with Gasteiger partial charge < -0.3 is 20.5 Å². The summed E-state index contributed by atoms with van der Waals surface area (Å²) in [5.74, 6) is -0.816. The van der Waals surface area contributed by atoms with Crippen LogP contribution in [0.2, 0.25) is 0 Å². The number of amides is 2. The van der Waals surface area contributed by atoms with Crippen LogP contribution in [0.25, 0.3) is 0 Å². The molecule has 1 saturated heterocycles. The highest BCUT2D eigenvalue weighted by Crippen LogP contribution is 2.22. The first-order chi connectivity index (χ1) is 11.0. The number of thioether (sulfide) groups is 1. The minimum atomic E-state index is -1.07. The molecule has 0 aliphatic carbocycles. The maximum absolute atomic E-state index is 12.0. The number of carbonyl (C=O) groups excluding carboxylic acids is 2. The van der Waals surface area contributed by atoms with Gasteiger partial charge in [0.25, 0.3) is 0 Å². The molecule has 2 atom stereocenters. The number of hydrogen-bond acceptors (Lipinski definition) is 5. The molecule has 0 aromatic heterocycles. The summed E-state index contributed by atoms with van der Waals surface area (Å²) in [6, 6.07) is 6.05. The number of carboxylic acid groups (broad SMARTS) is 1. The van der Waals surface area contributed by atoms with Crippen molar-refractivity contribution in [1.29, 1.82) is 0 Å². The van der Waals surface area contributed by atoms with Crippen LogP contribution in [0.1, 0.15) is 13.3 Å². The number of ether oxygens (including phenoxy) is 1. The Morgan fingerprint density at radius 1 is 1.39 bits per heavy atom. The highest BCUT2D eigenvalue weighted by Gasteiger charge is 2.33. The number of anilines is 1. The van der Waals surface area contributed by atoms with Crippen LogP contribution < -0.4 is 15.4 Å². The number of carbonyl (C=O) groups is 3. The Labute approximate surface area is 137 Å². The molecule has 23 heavy (non-hydrogen) atoms. The molecule has 1 heterocycles. The standard InChI is InChI=1S/C15H18N2O5S/c1-2-22-10-5-3-9(4-6-10)16-13(18)7-12-14(19)17-11(8-23-12)15(20)21/h3-6,11-12H,2,7-8H2,1H3,(H,16,18)(H,17,19)(H,20,21)/t11-,12+/m0/s1. The Kier molecular flexibility index (Phi) is 5.86. The van der Waals surface area contributed by atoms with Crippen LogP contribution in [0, 0.1) is 0 Å². The molecule has 1 aliphatic heterocycles. The minimum Gasteiger partial charge on any atom is -0.494 e. The second kappa shape index (κ2) is 7.87. The number of aliphatic carboxylic acids is 1. The number of hydrogen-bond donors (Lipinski definition) is 3. The maximum atomic E-state index is 12.0. The molecule has 2 rings (SSSR count). The molecule has 7 nitrogen and oxygen atoms in total. The van der Waals surface area contributed by atoms with Gasteiger partial charge in [-0.15, -0.1) is 11.8 Å². The number of rotatable bonds is 6. The average Bonchev–Trinajstić information content (AvgIpc) is 2.51. The topological polar surface area (TPSA) is 105 Å². The summed E-state index contributed by atoms with van der Waals surface area (Å²) in [6.45, 7) is 2.45. The van der Waals surface area contributed by atoms with Gasteiger partial charge in [0.2, 0.25) is 11.8 Å². The van der Waals surface area contributed by atoms with Crippen LogP contribution in [-0.4, -0.2) is 46.5 Å². The fourth-order valence-corrected chi connectivity index (χ4v) is 3.20. The van der Waals surface area contributed by atoms with E-state index in [9.17, 15) is 14.4 Å². The fourth-order valence-electron chi connectivity index (χ4n) is 2.06. The average molecular weight is 338 g/mol. The Balaban J connectivity index is 1.85. The summed E-state index contributed by atoms with van der Waals surface area (Å²) in [5.41, 5.74) is 0.614. The number of nitrogens with one attached hydrogen (secondary N) is 2. The SMILES string of the molecule is CCOc1ccc(NC(=O)C[C@H]2SC[C@@H](C(=O)O)NC2=O)cc1. The minimum absolute atomic E-state index is 0.00392. The van der Waals surface area contributed by atoms with Crippen LogP contribution in [0.5, 0.6) is 5.75 Å². The lowest BCUT2D eigenvalue weighted by atomic mass is 10.2. The monoisotopic (exact) mass is 338 g/mol. The van der Waals surface area contributed by atoms with Gasteiger partial charge in [0, 0.05) is 17.9 Å². The second-order valence-corrected chi connectivity index (χ2v) is 6.17. The summed E-state index contributed by atoms with van der Waals surface area (Å²) in [7, 11) is 0. The van der Waals surface area contributed by atoms with E-state index in [0.717, 1.165) is 0 Å². The van der Waals surface area contributed by atoms with Gasteiger partial charge in [0.1, 0.15) is 11.8 Å². The van der Waals surface area contributed by atoms with Gasteiger partial charge in [0.05, 0.1) is 11.9 Å². The largest absolute Gasteiger partial charge is 0.494 e. The van der Waals surface area contributed by atoms with Gasteiger partial charge in [-0.25, -0.2) is 4.79 Å². The lowest BCUT2D eigenvalue weighted by Crippen LogP contribution is -2.51. The van der Waals surface area contributed by atoms with Crippen LogP contribution in [0.3, 0.4) is 0 Å². The van der Waals surface area contributed by atoms with Crippen molar-refractivity contribution in [3.8, 4) is 5.75 Å². The summed E-state index contributed by atoms with van der Waals surface area (Å²) in [6.07, 6.45) is -0.00392. The Morgan fingerprint density at radius 3 is 2.65 bits per heavy atom. The van der Waals surface area contributed by atoms with Gasteiger partial charge in [-0.05, 0) is 31.2 Å². The molecule has 124 valence electrons. The first-order valence-corrected chi connectivity index (χ1v) is 8.22. The van der Waals surface area contributed by atoms with E-state index in [2.05, 4.69) is 10.6 Å². The van der Waals surface area contributed by atoms with Gasteiger partial charge in [-0.1, -0.05) is 0 Å². The van der Waals surface area contributed by atoms with Gasteiger partial charge >= 0.3 is 5.97 Å². The van der Waals surface area contributed by atoms with E-state index in [4.69, 9.17) is 9.84 Å². The van der Waals surface area contributed by atoms with Crippen LogP contribution >= 0.6 is 11.8 Å². The smallest absolute Gasteiger partial charge is 0.327 e. The zero-order chi connectivity index (χ0) is 16.8. The van der Waals surface area contributed by atoms with Crippen molar-refractivity contribution in [3.63, 3.8) is 0 Å². The number of benzene rings is 1. The number of carboxylic acids is 1. The van der Waals surface area contributed by atoms with Gasteiger partial charge in [-0.3, -0.25) is 9.59 Å². The molecule has 8 heteroatoms. The fraction of sp³-hybridized carbons (Fsp3) is 0.400. The normalized spacial score (nSPS) is 20.5. The predicted molar refractivity (Wildman–Crippen MR) is 86.7 cm³/mol. The van der Waals surface area contributed by atoms with E-state index in [-0.39, 0.29) is 18.1 Å². The molecular formula is C15H18N2O5S. The summed E-state index contributed by atoms with van der Waals surface area (Å²) >= 11 is 1.18. The van der Waals surface area contributed by atoms with Gasteiger partial charge in [0.15, 0.2) is 0 Å². The lowest BCUT2D eigenvalue weighted by molar-refractivity contribution is -0.141. The Bertz CT molecular complexity index is 590. The van der Waals surface area contributed by atoms with E-state index in [0.29, 0.717) is 18.0 Å². The van der Waals surface area contributed by atoms with E-state index < -0.39 is 23.2 Å². The molecule has 0 unspecified atom stereocenters. The van der Waals surface area contributed by atoms with Crippen molar-refractivity contribution in [2.45, 2.75) is 24.6 Å². The molecule has 1 aliphatic rings. The molecule has 0 bridgehead atoms. The lowest BCUT2D eigenvalue weighted by Gasteiger charge is -2.25. The Hall–Kier alpha value is -2.22. The first kappa shape index (κ1) is 17.1. The predicted octanol–water partition coefficient (Wildman–Crippen LogP) is 1.10. The molecule has 2 amide bonds. The molecule has 0 spiro atoms. The van der Waals surface area contributed by atoms with Crippen molar-refractivity contribution in [3.05, 3.63) is 24.3 Å². The van der Waals surface area contributed by atoms with E-state index in [1.165, 1.54) is 11.8 Å². The first-order valence-electron chi connectivity index (χ1n) is 7.17. The molecular weight excluding hydrogens is 320 g/mol. The maximum Gasteiger partial charge on any atom is 0.327 e. The van der Waals surface area contributed by atoms with Crippen molar-refractivity contribution < 1.29 is 24.2 Å². The highest BCUT2D eigenvalue weighted by molar-refractivity contribution is 8.00. The third-order valence-electron chi connectivity index (χ3n) is 3.19. The quantitative estimate of drug-likeness (QED) is 0.717. The third kappa shape index (κ3) is 4.88. The van der Waals surface area contributed by atoms with Crippen molar-refractivity contribution >= 4 is 35.2 Å². The van der Waals surface area contributed by atoms with Crippen LogP contribution in [-0.2, 0) is 14.4 Å². The Morgan fingerprint density at radius 2 is 2.09 bits per heavy atom. The van der Waals surface area contributed by atoms with Crippen molar-refractivity contribution in [2.75, 3.05) is 17.7 Å². The van der Waals surface area contributed by atoms with E-state index in [1.54, 1.807) is 24.3 Å². The summed E-state index contributed by atoms with van der Waals surface area (Å²) in [4.78, 5) is 34.6. The van der Waals surface area contributed by atoms with Crippen LogP contribution in [0.4, 0.5) is 5.69 Å². The zero-order valence-corrected chi connectivity index (χ0v) is 13.4. The third-order valence-corrected chi connectivity index (χ3v) is 4.50. The molecule has 1 aromatic carbocycles.